The molecule has 6 nitrogen and oxygen atoms in total. The second-order valence-electron chi connectivity index (χ2n) is 7.37. The Morgan fingerprint density at radius 1 is 1.33 bits per heavy atom. The Bertz CT molecular complexity index is 827. The zero-order chi connectivity index (χ0) is 19.6. The van der Waals surface area contributed by atoms with Crippen molar-refractivity contribution in [1.29, 1.82) is 0 Å². The molecule has 6 heteroatoms. The molecule has 2 heterocycles. The number of nitrogens with zero attached hydrogens (tertiary/aromatic N) is 1. The summed E-state index contributed by atoms with van der Waals surface area (Å²) in [6, 6.07) is 8.54. The van der Waals surface area contributed by atoms with E-state index in [0.717, 1.165) is 6.42 Å². The van der Waals surface area contributed by atoms with E-state index in [1.807, 2.05) is 20.8 Å². The van der Waals surface area contributed by atoms with Gasteiger partial charge in [-0.3, -0.25) is 9.59 Å². The highest BCUT2D eigenvalue weighted by Gasteiger charge is 2.38. The molecule has 0 radical (unpaired) electrons. The van der Waals surface area contributed by atoms with Gasteiger partial charge in [-0.1, -0.05) is 13.0 Å². The molecule has 2 atom stereocenters. The van der Waals surface area contributed by atoms with Crippen molar-refractivity contribution in [3.63, 3.8) is 0 Å². The summed E-state index contributed by atoms with van der Waals surface area (Å²) in [6.07, 6.45) is 2.82. The van der Waals surface area contributed by atoms with Gasteiger partial charge in [0.1, 0.15) is 0 Å². The van der Waals surface area contributed by atoms with Crippen molar-refractivity contribution in [2.45, 2.75) is 39.2 Å². The third-order valence-corrected chi connectivity index (χ3v) is 5.55. The maximum atomic E-state index is 13.1. The van der Waals surface area contributed by atoms with E-state index in [0.29, 0.717) is 36.3 Å². The first-order chi connectivity index (χ1) is 12.8. The molecule has 2 aromatic rings. The van der Waals surface area contributed by atoms with E-state index in [1.165, 1.54) is 6.26 Å². The van der Waals surface area contributed by atoms with Crippen LogP contribution in [0.4, 0.5) is 5.69 Å². The molecular weight excluding hydrogens is 344 g/mol. The molecule has 3 rings (SSSR count). The molecule has 0 bridgehead atoms. The summed E-state index contributed by atoms with van der Waals surface area (Å²) in [5, 5.41) is 13.3. The largest absolute Gasteiger partial charge is 0.459 e. The quantitative estimate of drug-likeness (QED) is 0.863. The molecule has 144 valence electrons. The molecular formula is C21H26N2O4. The van der Waals surface area contributed by atoms with Crippen LogP contribution in [0.1, 0.15) is 53.2 Å². The number of carbonyl (C=O) groups excluding carboxylic acids is 2. The van der Waals surface area contributed by atoms with Gasteiger partial charge < -0.3 is 19.7 Å². The molecule has 1 saturated heterocycles. The molecule has 0 spiro atoms. The second-order valence-corrected chi connectivity index (χ2v) is 7.37. The third-order valence-electron chi connectivity index (χ3n) is 5.55. The normalized spacial score (nSPS) is 22.5. The van der Waals surface area contributed by atoms with Gasteiger partial charge in [-0.05, 0) is 56.5 Å². The van der Waals surface area contributed by atoms with Crippen molar-refractivity contribution in [3.8, 4) is 0 Å². The van der Waals surface area contributed by atoms with E-state index in [4.69, 9.17) is 4.42 Å². The fraction of sp³-hybridized carbons (Fsp3) is 0.429. The van der Waals surface area contributed by atoms with Crippen molar-refractivity contribution in [1.82, 2.24) is 4.90 Å². The summed E-state index contributed by atoms with van der Waals surface area (Å²) in [7, 11) is 0. The fourth-order valence-electron chi connectivity index (χ4n) is 3.64. The summed E-state index contributed by atoms with van der Waals surface area (Å²) in [4.78, 5) is 27.1. The Hall–Kier alpha value is -2.60. The summed E-state index contributed by atoms with van der Waals surface area (Å²) in [5.41, 5.74) is 1.12. The third kappa shape index (κ3) is 3.90. The molecule has 0 aliphatic carbocycles. The first-order valence-corrected chi connectivity index (χ1v) is 9.29. The van der Waals surface area contributed by atoms with E-state index >= 15 is 0 Å². The van der Waals surface area contributed by atoms with Crippen molar-refractivity contribution in [2.75, 3.05) is 18.4 Å². The van der Waals surface area contributed by atoms with Crippen molar-refractivity contribution >= 4 is 17.5 Å². The van der Waals surface area contributed by atoms with Gasteiger partial charge >= 0.3 is 0 Å². The predicted octanol–water partition coefficient (Wildman–Crippen LogP) is 3.46. The number of amides is 2. The van der Waals surface area contributed by atoms with Crippen LogP contribution >= 0.6 is 0 Å². The van der Waals surface area contributed by atoms with E-state index < -0.39 is 5.60 Å². The molecule has 1 aliphatic heterocycles. The lowest BCUT2D eigenvalue weighted by atomic mass is 9.80. The number of aliphatic hydroxyl groups is 1. The number of carbonyl (C=O) groups is 2. The number of benzene rings is 1. The Kier molecular flexibility index (Phi) is 5.37. The zero-order valence-corrected chi connectivity index (χ0v) is 16.0. The van der Waals surface area contributed by atoms with Gasteiger partial charge in [0.15, 0.2) is 5.76 Å². The molecule has 0 unspecified atom stereocenters. The Morgan fingerprint density at radius 2 is 2.11 bits per heavy atom. The molecule has 0 saturated carbocycles. The number of hydrogen-bond acceptors (Lipinski definition) is 4. The number of hydrogen-bond donors (Lipinski definition) is 2. The maximum Gasteiger partial charge on any atom is 0.291 e. The highest BCUT2D eigenvalue weighted by molar-refractivity contribution is 6.04. The van der Waals surface area contributed by atoms with Crippen LogP contribution in [0.3, 0.4) is 0 Å². The summed E-state index contributed by atoms with van der Waals surface area (Å²) >= 11 is 0. The number of anilines is 1. The van der Waals surface area contributed by atoms with Gasteiger partial charge in [-0.25, -0.2) is 0 Å². The summed E-state index contributed by atoms with van der Waals surface area (Å²) in [5.74, 6) is -0.157. The Labute approximate surface area is 159 Å². The molecule has 2 N–H and O–H groups in total. The average Bonchev–Trinajstić information content (AvgIpc) is 3.17. The van der Waals surface area contributed by atoms with E-state index in [2.05, 4.69) is 5.32 Å². The highest BCUT2D eigenvalue weighted by Crippen LogP contribution is 2.31. The first-order valence-electron chi connectivity index (χ1n) is 9.29. The van der Waals surface area contributed by atoms with Crippen LogP contribution in [-0.4, -0.2) is 40.5 Å². The first kappa shape index (κ1) is 19.2. The SMILES string of the molecule is CC[C@H]1CN(C(=O)c2cccc(NC(=O)c3ccco3)c2C)CC[C@@]1(C)O. The van der Waals surface area contributed by atoms with Crippen LogP contribution < -0.4 is 5.32 Å². The van der Waals surface area contributed by atoms with Gasteiger partial charge in [0.2, 0.25) is 0 Å². The zero-order valence-electron chi connectivity index (χ0n) is 16.0. The van der Waals surface area contributed by atoms with Crippen molar-refractivity contribution < 1.29 is 19.1 Å². The van der Waals surface area contributed by atoms with E-state index in [1.54, 1.807) is 35.2 Å². The van der Waals surface area contributed by atoms with Crippen molar-refractivity contribution in [3.05, 3.63) is 53.5 Å². The highest BCUT2D eigenvalue weighted by atomic mass is 16.3. The van der Waals surface area contributed by atoms with Crippen LogP contribution in [0.25, 0.3) is 0 Å². The second kappa shape index (κ2) is 7.56. The van der Waals surface area contributed by atoms with Crippen LogP contribution in [-0.2, 0) is 0 Å². The molecule has 1 aliphatic rings. The minimum Gasteiger partial charge on any atom is -0.459 e. The Morgan fingerprint density at radius 3 is 2.78 bits per heavy atom. The predicted molar refractivity (Wildman–Crippen MR) is 103 cm³/mol. The van der Waals surface area contributed by atoms with Crippen LogP contribution in [0.15, 0.2) is 41.0 Å². The minimum atomic E-state index is -0.737. The minimum absolute atomic E-state index is 0.0531. The number of furan rings is 1. The molecule has 27 heavy (non-hydrogen) atoms. The fourth-order valence-corrected chi connectivity index (χ4v) is 3.64. The van der Waals surface area contributed by atoms with E-state index in [-0.39, 0.29) is 23.5 Å². The molecule has 1 aromatic heterocycles. The van der Waals surface area contributed by atoms with Gasteiger partial charge in [-0.15, -0.1) is 0 Å². The van der Waals surface area contributed by atoms with Crippen LogP contribution in [0.2, 0.25) is 0 Å². The topological polar surface area (TPSA) is 82.8 Å². The average molecular weight is 370 g/mol. The summed E-state index contributed by atoms with van der Waals surface area (Å²) < 4.78 is 5.11. The lowest BCUT2D eigenvalue weighted by Gasteiger charge is -2.42. The number of likely N-dealkylation sites (tertiary alicyclic amines) is 1. The van der Waals surface area contributed by atoms with Crippen molar-refractivity contribution in [2.24, 2.45) is 5.92 Å². The van der Waals surface area contributed by atoms with Gasteiger partial charge in [0, 0.05) is 30.3 Å². The van der Waals surface area contributed by atoms with Crippen LogP contribution in [0, 0.1) is 12.8 Å². The number of nitrogens with one attached hydrogen (secondary N) is 1. The number of piperidine rings is 1. The molecule has 1 aromatic carbocycles. The lowest BCUT2D eigenvalue weighted by Crippen LogP contribution is -2.51. The monoisotopic (exact) mass is 370 g/mol. The van der Waals surface area contributed by atoms with E-state index in [9.17, 15) is 14.7 Å². The standard InChI is InChI=1S/C21H26N2O4/c1-4-15-13-23(11-10-21(15,3)26)20(25)16-7-5-8-17(14(16)2)22-19(24)18-9-6-12-27-18/h5-9,12,15,26H,4,10-11,13H2,1-3H3,(H,22,24)/t15-,21+/m0/s1. The lowest BCUT2D eigenvalue weighted by molar-refractivity contribution is -0.0521. The van der Waals surface area contributed by atoms with Crippen LogP contribution in [0.5, 0.6) is 0 Å². The van der Waals surface area contributed by atoms with Gasteiger partial charge in [-0.2, -0.15) is 0 Å². The molecule has 2 amide bonds. The maximum absolute atomic E-state index is 13.1. The number of rotatable bonds is 4. The van der Waals surface area contributed by atoms with Gasteiger partial charge in [0.05, 0.1) is 11.9 Å². The molecule has 1 fully saturated rings. The van der Waals surface area contributed by atoms with Gasteiger partial charge in [0.25, 0.3) is 11.8 Å². The Balaban J connectivity index is 1.79. The smallest absolute Gasteiger partial charge is 0.291 e. The summed E-state index contributed by atoms with van der Waals surface area (Å²) in [6.45, 7) is 6.75.